The smallest absolute Gasteiger partial charge is 0.148 e. The molecule has 0 fully saturated rings. The molecule has 0 radical (unpaired) electrons. The van der Waals surface area contributed by atoms with Crippen molar-refractivity contribution in [3.8, 4) is 0 Å². The van der Waals surface area contributed by atoms with Crippen molar-refractivity contribution in [2.75, 3.05) is 5.32 Å². The SMILES string of the molecule is Cc1nc2ccc(F)c(C(Br)C=O)c2nc1NC(C)(C)C. The lowest BCUT2D eigenvalue weighted by Crippen LogP contribution is -2.27. The van der Waals surface area contributed by atoms with Crippen LogP contribution < -0.4 is 5.32 Å². The number of alkyl halides is 1. The summed E-state index contributed by atoms with van der Waals surface area (Å²) in [5.41, 5.74) is 1.70. The fourth-order valence-corrected chi connectivity index (χ4v) is 2.45. The lowest BCUT2D eigenvalue weighted by Gasteiger charge is -2.23. The number of hydrogen-bond acceptors (Lipinski definition) is 4. The van der Waals surface area contributed by atoms with Crippen molar-refractivity contribution in [2.45, 2.75) is 38.1 Å². The van der Waals surface area contributed by atoms with Gasteiger partial charge in [0.2, 0.25) is 0 Å². The van der Waals surface area contributed by atoms with Crippen LogP contribution in [0.1, 0.15) is 36.9 Å². The third-order valence-corrected chi connectivity index (χ3v) is 3.56. The number of aryl methyl sites for hydroxylation is 1. The summed E-state index contributed by atoms with van der Waals surface area (Å²) in [6.07, 6.45) is 0.635. The lowest BCUT2D eigenvalue weighted by atomic mass is 10.1. The van der Waals surface area contributed by atoms with E-state index in [0.29, 0.717) is 23.1 Å². The Kier molecular flexibility index (Phi) is 4.27. The predicted octanol–water partition coefficient (Wildman–Crippen LogP) is 3.92. The molecular formula is C15H17BrFN3O. The third-order valence-electron chi connectivity index (χ3n) is 2.89. The van der Waals surface area contributed by atoms with Crippen LogP contribution in [0.15, 0.2) is 12.1 Å². The molecule has 1 aromatic heterocycles. The summed E-state index contributed by atoms with van der Waals surface area (Å²) in [5.74, 6) is 0.115. The number of aldehydes is 1. The molecule has 1 unspecified atom stereocenters. The van der Waals surface area contributed by atoms with E-state index in [-0.39, 0.29) is 11.1 Å². The number of carbonyl (C=O) groups is 1. The van der Waals surface area contributed by atoms with Gasteiger partial charge in [0, 0.05) is 11.1 Å². The third kappa shape index (κ3) is 3.37. The minimum Gasteiger partial charge on any atom is -0.364 e. The molecule has 1 N–H and O–H groups in total. The second kappa shape index (κ2) is 5.67. The van der Waals surface area contributed by atoms with Gasteiger partial charge in [0.05, 0.1) is 21.6 Å². The van der Waals surface area contributed by atoms with Gasteiger partial charge in [-0.15, -0.1) is 0 Å². The van der Waals surface area contributed by atoms with Crippen molar-refractivity contribution in [1.82, 2.24) is 9.97 Å². The van der Waals surface area contributed by atoms with E-state index in [1.54, 1.807) is 6.07 Å². The quantitative estimate of drug-likeness (QED) is 0.671. The zero-order valence-electron chi connectivity index (χ0n) is 12.4. The maximum Gasteiger partial charge on any atom is 0.148 e. The fraction of sp³-hybridized carbons (Fsp3) is 0.400. The first-order valence-corrected chi connectivity index (χ1v) is 7.49. The normalized spacial score (nSPS) is 13.2. The number of halogens is 2. The maximum atomic E-state index is 14.1. The van der Waals surface area contributed by atoms with Gasteiger partial charge in [0.1, 0.15) is 17.9 Å². The summed E-state index contributed by atoms with van der Waals surface area (Å²) < 4.78 is 14.1. The van der Waals surface area contributed by atoms with E-state index in [4.69, 9.17) is 0 Å². The Labute approximate surface area is 131 Å². The molecule has 4 nitrogen and oxygen atoms in total. The molecule has 0 amide bonds. The molecular weight excluding hydrogens is 337 g/mol. The average Bonchev–Trinajstić information content (AvgIpc) is 2.38. The molecule has 0 aliphatic rings. The van der Waals surface area contributed by atoms with E-state index in [0.717, 1.165) is 5.69 Å². The Morgan fingerprint density at radius 3 is 2.57 bits per heavy atom. The van der Waals surface area contributed by atoms with E-state index in [2.05, 4.69) is 31.2 Å². The summed E-state index contributed by atoms with van der Waals surface area (Å²) in [6.45, 7) is 7.85. The van der Waals surface area contributed by atoms with Gasteiger partial charge < -0.3 is 10.1 Å². The minimum absolute atomic E-state index is 0.195. The van der Waals surface area contributed by atoms with Gasteiger partial charge >= 0.3 is 0 Å². The molecule has 2 aromatic rings. The molecule has 2 rings (SSSR count). The Morgan fingerprint density at radius 1 is 1.33 bits per heavy atom. The second-order valence-electron chi connectivity index (χ2n) is 5.90. The van der Waals surface area contributed by atoms with Crippen molar-refractivity contribution in [3.05, 3.63) is 29.2 Å². The zero-order valence-corrected chi connectivity index (χ0v) is 14.0. The van der Waals surface area contributed by atoms with Crippen LogP contribution in [0.5, 0.6) is 0 Å². The maximum absolute atomic E-state index is 14.1. The highest BCUT2D eigenvalue weighted by Crippen LogP contribution is 2.31. The van der Waals surface area contributed by atoms with Gasteiger partial charge in [-0.3, -0.25) is 0 Å². The Balaban J connectivity index is 2.71. The van der Waals surface area contributed by atoms with E-state index in [1.807, 2.05) is 27.7 Å². The molecule has 1 atom stereocenters. The summed E-state index contributed by atoms with van der Waals surface area (Å²) in [4.78, 5) is 19.2. The topological polar surface area (TPSA) is 54.9 Å². The van der Waals surface area contributed by atoms with Gasteiger partial charge in [-0.25, -0.2) is 14.4 Å². The lowest BCUT2D eigenvalue weighted by molar-refractivity contribution is -0.107. The Morgan fingerprint density at radius 2 is 2.00 bits per heavy atom. The van der Waals surface area contributed by atoms with Crippen molar-refractivity contribution in [2.24, 2.45) is 0 Å². The molecule has 112 valence electrons. The first-order chi connectivity index (χ1) is 9.73. The van der Waals surface area contributed by atoms with Crippen LogP contribution in [0.25, 0.3) is 11.0 Å². The molecule has 0 spiro atoms. The number of nitrogens with one attached hydrogen (secondary N) is 1. The standard InChI is InChI=1S/C15H17BrFN3O/c1-8-14(20-15(2,3)4)19-13-11(18-8)6-5-10(17)12(13)9(16)7-21/h5-7,9H,1-4H3,(H,19,20). The molecule has 21 heavy (non-hydrogen) atoms. The molecule has 0 aliphatic heterocycles. The van der Waals surface area contributed by atoms with Crippen LogP contribution in [0, 0.1) is 12.7 Å². The van der Waals surface area contributed by atoms with E-state index >= 15 is 0 Å². The minimum atomic E-state index is -0.749. The predicted molar refractivity (Wildman–Crippen MR) is 85.3 cm³/mol. The number of rotatable bonds is 3. The number of nitrogens with zero attached hydrogens (tertiary/aromatic N) is 2. The van der Waals surface area contributed by atoms with Gasteiger partial charge in [0.15, 0.2) is 0 Å². The van der Waals surface area contributed by atoms with Gasteiger partial charge in [0.25, 0.3) is 0 Å². The highest BCUT2D eigenvalue weighted by Gasteiger charge is 2.20. The van der Waals surface area contributed by atoms with Crippen molar-refractivity contribution < 1.29 is 9.18 Å². The molecule has 0 saturated carbocycles. The molecule has 1 aromatic carbocycles. The summed E-state index contributed by atoms with van der Waals surface area (Å²) >= 11 is 3.17. The number of aromatic nitrogens is 2. The number of benzene rings is 1. The highest BCUT2D eigenvalue weighted by atomic mass is 79.9. The van der Waals surface area contributed by atoms with Gasteiger partial charge in [-0.05, 0) is 39.8 Å². The number of anilines is 1. The fourth-order valence-electron chi connectivity index (χ4n) is 2.01. The zero-order chi connectivity index (χ0) is 15.8. The first-order valence-electron chi connectivity index (χ1n) is 6.57. The van der Waals surface area contributed by atoms with Crippen LogP contribution in [-0.2, 0) is 4.79 Å². The monoisotopic (exact) mass is 353 g/mol. The summed E-state index contributed by atoms with van der Waals surface area (Å²) in [5, 5.41) is 3.25. The highest BCUT2D eigenvalue weighted by molar-refractivity contribution is 9.09. The van der Waals surface area contributed by atoms with E-state index in [1.165, 1.54) is 6.07 Å². The molecule has 1 heterocycles. The number of hydrogen-bond donors (Lipinski definition) is 1. The van der Waals surface area contributed by atoms with E-state index in [9.17, 15) is 9.18 Å². The largest absolute Gasteiger partial charge is 0.364 e. The Bertz CT molecular complexity index is 697. The molecule has 6 heteroatoms. The molecule has 0 saturated heterocycles. The average molecular weight is 354 g/mol. The summed E-state index contributed by atoms with van der Waals surface area (Å²) in [6, 6.07) is 2.87. The summed E-state index contributed by atoms with van der Waals surface area (Å²) in [7, 11) is 0. The van der Waals surface area contributed by atoms with Crippen LogP contribution in [0.2, 0.25) is 0 Å². The van der Waals surface area contributed by atoms with Gasteiger partial charge in [-0.2, -0.15) is 0 Å². The number of fused-ring (bicyclic) bond motifs is 1. The number of carbonyl (C=O) groups excluding carboxylic acids is 1. The second-order valence-corrected chi connectivity index (χ2v) is 6.89. The van der Waals surface area contributed by atoms with Crippen molar-refractivity contribution in [3.63, 3.8) is 0 Å². The van der Waals surface area contributed by atoms with Crippen molar-refractivity contribution >= 4 is 39.1 Å². The van der Waals surface area contributed by atoms with Gasteiger partial charge in [-0.1, -0.05) is 15.9 Å². The van der Waals surface area contributed by atoms with Crippen LogP contribution >= 0.6 is 15.9 Å². The molecule has 0 aliphatic carbocycles. The Hall–Kier alpha value is -1.56. The van der Waals surface area contributed by atoms with Crippen LogP contribution in [0.3, 0.4) is 0 Å². The van der Waals surface area contributed by atoms with Crippen LogP contribution in [0.4, 0.5) is 10.2 Å². The van der Waals surface area contributed by atoms with E-state index < -0.39 is 10.6 Å². The first kappa shape index (κ1) is 15.8. The molecule has 0 bridgehead atoms. The van der Waals surface area contributed by atoms with Crippen LogP contribution in [-0.4, -0.2) is 21.8 Å². The van der Waals surface area contributed by atoms with Crippen molar-refractivity contribution in [1.29, 1.82) is 0 Å².